The molecule has 2 aliphatic rings. The van der Waals surface area contributed by atoms with E-state index in [0.29, 0.717) is 5.95 Å². The van der Waals surface area contributed by atoms with Crippen LogP contribution in [-0.4, -0.2) is 42.1 Å². The van der Waals surface area contributed by atoms with Gasteiger partial charge in [-0.2, -0.15) is 4.98 Å². The van der Waals surface area contributed by atoms with Crippen LogP contribution >= 0.6 is 0 Å². The van der Waals surface area contributed by atoms with Gasteiger partial charge in [-0.3, -0.25) is 4.79 Å². The number of hydrogen-bond donors (Lipinski definition) is 1. The van der Waals surface area contributed by atoms with Crippen molar-refractivity contribution in [2.45, 2.75) is 72.4 Å². The van der Waals surface area contributed by atoms with Gasteiger partial charge in [-0.1, -0.05) is 46.8 Å². The number of hydrogen-bond acceptors (Lipinski definition) is 6. The molecule has 1 atom stereocenters. The van der Waals surface area contributed by atoms with Crippen molar-refractivity contribution in [3.63, 3.8) is 0 Å². The monoisotopic (exact) mass is 429 g/mol. The van der Waals surface area contributed by atoms with Crippen molar-refractivity contribution in [2.75, 3.05) is 29.3 Å². The van der Waals surface area contributed by atoms with Gasteiger partial charge in [0.25, 0.3) is 0 Å². The number of aromatic nitrogens is 2. The van der Waals surface area contributed by atoms with Crippen molar-refractivity contribution < 1.29 is 11.0 Å². The van der Waals surface area contributed by atoms with E-state index in [2.05, 4.69) is 42.0 Å². The molecule has 1 aliphatic heterocycles. The van der Waals surface area contributed by atoms with Gasteiger partial charge in [-0.15, -0.1) is 0 Å². The van der Waals surface area contributed by atoms with Gasteiger partial charge in [0.1, 0.15) is 17.5 Å². The van der Waals surface area contributed by atoms with Crippen LogP contribution in [0.2, 0.25) is 0 Å². The molecular formula is C24H39N5O2. The summed E-state index contributed by atoms with van der Waals surface area (Å²) in [5.41, 5.74) is 1.55. The number of allylic oxidation sites excluding steroid dienone is 4. The minimum Gasteiger partial charge on any atom is -0.495 e. The molecule has 1 aliphatic carbocycles. The summed E-state index contributed by atoms with van der Waals surface area (Å²) in [5.74, 6) is 2.12. The number of nitrogens with zero attached hydrogens (tertiary/aromatic N) is 4. The van der Waals surface area contributed by atoms with E-state index in [1.807, 2.05) is 32.1 Å². The first kappa shape index (κ1) is 24.4. The lowest BCUT2D eigenvalue weighted by Crippen LogP contribution is -2.56. The third-order valence-corrected chi connectivity index (χ3v) is 5.59. The Morgan fingerprint density at radius 3 is 2.52 bits per heavy atom. The molecule has 0 aromatic carbocycles. The van der Waals surface area contributed by atoms with Crippen molar-refractivity contribution in [1.82, 2.24) is 9.97 Å². The summed E-state index contributed by atoms with van der Waals surface area (Å²) in [7, 11) is 3.45. The van der Waals surface area contributed by atoms with E-state index < -0.39 is 0 Å². The maximum absolute atomic E-state index is 13.0. The fraction of sp³-hybridized carbons (Fsp3) is 0.542. The van der Waals surface area contributed by atoms with Gasteiger partial charge < -0.3 is 19.9 Å². The predicted octanol–water partition coefficient (Wildman–Crippen LogP) is 5.28. The number of fused-ring (bicyclic) bond motifs is 1. The molecule has 31 heavy (non-hydrogen) atoms. The summed E-state index contributed by atoms with van der Waals surface area (Å²) in [4.78, 5) is 26.2. The van der Waals surface area contributed by atoms with E-state index in [0.717, 1.165) is 48.6 Å². The Labute approximate surface area is 188 Å². The minimum absolute atomic E-state index is 0. The largest absolute Gasteiger partial charge is 0.495 e. The summed E-state index contributed by atoms with van der Waals surface area (Å²) in [5, 5.41) is 3.29. The molecule has 0 unspecified atom stereocenters. The number of nitrogens with one attached hydrogen (secondary N) is 1. The number of rotatable bonds is 7. The van der Waals surface area contributed by atoms with E-state index in [4.69, 9.17) is 9.72 Å². The summed E-state index contributed by atoms with van der Waals surface area (Å²) in [6.07, 6.45) is 13.2. The van der Waals surface area contributed by atoms with E-state index in [9.17, 15) is 4.79 Å². The Morgan fingerprint density at radius 1 is 1.23 bits per heavy atom. The average molecular weight is 430 g/mol. The van der Waals surface area contributed by atoms with Crippen molar-refractivity contribution in [2.24, 2.45) is 0 Å². The predicted molar refractivity (Wildman–Crippen MR) is 130 cm³/mol. The molecule has 7 heteroatoms. The van der Waals surface area contributed by atoms with Crippen molar-refractivity contribution in [3.8, 4) is 0 Å². The van der Waals surface area contributed by atoms with Gasteiger partial charge in [0, 0.05) is 14.5 Å². The van der Waals surface area contributed by atoms with E-state index >= 15 is 0 Å². The molecule has 172 valence electrons. The number of anilines is 3. The van der Waals surface area contributed by atoms with Crippen LogP contribution in [0.5, 0.6) is 0 Å². The van der Waals surface area contributed by atoms with Crippen LogP contribution in [0.15, 0.2) is 42.0 Å². The number of ether oxygens (including phenoxy) is 1. The summed E-state index contributed by atoms with van der Waals surface area (Å²) in [6, 6.07) is 0.0307. The molecule has 0 bridgehead atoms. The van der Waals surface area contributed by atoms with Crippen LogP contribution < -0.4 is 15.1 Å². The highest BCUT2D eigenvalue weighted by atomic mass is 16.5. The van der Waals surface area contributed by atoms with Gasteiger partial charge in [-0.25, -0.2) is 4.98 Å². The van der Waals surface area contributed by atoms with Crippen LogP contribution in [0, 0.1) is 0 Å². The molecule has 1 amide bonds. The number of amides is 1. The number of methoxy groups -OCH3 is 1. The normalized spacial score (nSPS) is 17.9. The molecule has 0 fully saturated rings. The van der Waals surface area contributed by atoms with Gasteiger partial charge in [0.2, 0.25) is 11.9 Å². The maximum atomic E-state index is 13.0. The fourth-order valence-electron chi connectivity index (χ4n) is 3.96. The Morgan fingerprint density at radius 2 is 1.90 bits per heavy atom. The van der Waals surface area contributed by atoms with Gasteiger partial charge in [0.05, 0.1) is 19.0 Å². The molecular weight excluding hydrogens is 390 g/mol. The molecule has 2 heterocycles. The topological polar surface area (TPSA) is 70.6 Å². The summed E-state index contributed by atoms with van der Waals surface area (Å²) >= 11 is 0. The van der Waals surface area contributed by atoms with Crippen LogP contribution in [-0.2, 0) is 9.53 Å². The molecule has 3 rings (SSSR count). The second-order valence-electron chi connectivity index (χ2n) is 7.25. The first-order valence-corrected chi connectivity index (χ1v) is 11.4. The Balaban J connectivity index is 0.00000166. The second kappa shape index (κ2) is 11.5. The third-order valence-electron chi connectivity index (χ3n) is 5.59. The zero-order valence-corrected chi connectivity index (χ0v) is 20.0. The quantitative estimate of drug-likeness (QED) is 0.635. The molecule has 0 spiro atoms. The highest BCUT2D eigenvalue weighted by molar-refractivity contribution is 6.04. The van der Waals surface area contributed by atoms with Crippen LogP contribution in [0.25, 0.3) is 0 Å². The van der Waals surface area contributed by atoms with Crippen molar-refractivity contribution in [3.05, 3.63) is 42.0 Å². The third kappa shape index (κ3) is 5.09. The van der Waals surface area contributed by atoms with Crippen molar-refractivity contribution >= 4 is 23.4 Å². The van der Waals surface area contributed by atoms with E-state index in [-0.39, 0.29) is 19.4 Å². The average Bonchev–Trinajstić information content (AvgIpc) is 3.04. The zero-order chi connectivity index (χ0) is 23.0. The lowest BCUT2D eigenvalue weighted by molar-refractivity contribution is -0.120. The summed E-state index contributed by atoms with van der Waals surface area (Å²) < 4.78 is 5.49. The SMILES string of the molecule is CC.CCC(CC)N1c2nc(NC3=C(OC)C=CCC=C3)ncc2N(C)C(=O)[C@H]1CC.[HH]. The number of carbonyl (C=O) groups is 1. The maximum Gasteiger partial charge on any atom is 0.249 e. The Kier molecular flexibility index (Phi) is 9.09. The Bertz CT molecular complexity index is 849. The van der Waals surface area contributed by atoms with Gasteiger partial charge in [-0.05, 0) is 37.8 Å². The molecule has 1 aromatic heterocycles. The highest BCUT2D eigenvalue weighted by Crippen LogP contribution is 2.37. The highest BCUT2D eigenvalue weighted by Gasteiger charge is 2.39. The minimum atomic E-state index is -0.213. The first-order chi connectivity index (χ1) is 15.0. The Hall–Kier alpha value is -2.83. The summed E-state index contributed by atoms with van der Waals surface area (Å²) in [6.45, 7) is 10.4. The zero-order valence-electron chi connectivity index (χ0n) is 20.0. The van der Waals surface area contributed by atoms with E-state index in [1.165, 1.54) is 0 Å². The smallest absolute Gasteiger partial charge is 0.249 e. The molecule has 0 radical (unpaired) electrons. The van der Waals surface area contributed by atoms with E-state index in [1.54, 1.807) is 25.3 Å². The lowest BCUT2D eigenvalue weighted by Gasteiger charge is -2.44. The van der Waals surface area contributed by atoms with Crippen molar-refractivity contribution in [1.29, 1.82) is 0 Å². The molecule has 7 nitrogen and oxygen atoms in total. The number of likely N-dealkylation sites (N-methyl/N-ethyl adjacent to an activating group) is 1. The van der Waals surface area contributed by atoms with Gasteiger partial charge in [0.15, 0.2) is 5.82 Å². The molecule has 0 saturated carbocycles. The van der Waals surface area contributed by atoms with Crippen LogP contribution in [0.1, 0.15) is 61.7 Å². The fourth-order valence-corrected chi connectivity index (χ4v) is 3.96. The number of carbonyl (C=O) groups excluding carboxylic acids is 1. The molecule has 1 aromatic rings. The second-order valence-corrected chi connectivity index (χ2v) is 7.25. The molecule has 1 N–H and O–H groups in total. The van der Waals surface area contributed by atoms with Crippen LogP contribution in [0.4, 0.5) is 17.5 Å². The van der Waals surface area contributed by atoms with Crippen LogP contribution in [0.3, 0.4) is 0 Å². The molecule has 0 saturated heterocycles. The van der Waals surface area contributed by atoms with Gasteiger partial charge >= 0.3 is 0 Å². The first-order valence-electron chi connectivity index (χ1n) is 11.4. The standard InChI is InChI=1S/C22H31N5O2.C2H6.H2/c1-6-15(7-2)27-17(8-3)21(28)26(4)18-14-23-22(25-20(18)27)24-16-12-10-9-11-13-19(16)29-5;1-2;/h10-15,17H,6-9H2,1-5H3,(H,23,24,25);1-2H3;1H/t17-;;/m1../s1. The lowest BCUT2D eigenvalue weighted by atomic mass is 10.0.